The molecule has 1 aromatic carbocycles. The van der Waals surface area contributed by atoms with E-state index in [2.05, 4.69) is 22.5 Å². The highest BCUT2D eigenvalue weighted by Gasteiger charge is 2.20. The first-order valence-electron chi connectivity index (χ1n) is 10.7. The number of aliphatic hydroxyl groups is 1. The third-order valence-electron chi connectivity index (χ3n) is 4.53. The minimum Gasteiger partial charge on any atom is -0.395 e. The molecule has 0 aliphatic rings. The molecule has 0 saturated carbocycles. The molecule has 0 saturated heterocycles. The number of pyridine rings is 1. The van der Waals surface area contributed by atoms with E-state index in [-0.39, 0.29) is 35.1 Å². The molecule has 0 fully saturated rings. The molecule has 34 heavy (non-hydrogen) atoms. The van der Waals surface area contributed by atoms with E-state index in [9.17, 15) is 22.8 Å². The molecule has 3 amide bonds. The van der Waals surface area contributed by atoms with Gasteiger partial charge in [0, 0.05) is 30.9 Å². The van der Waals surface area contributed by atoms with E-state index in [1.165, 1.54) is 36.4 Å². The highest BCUT2D eigenvalue weighted by molar-refractivity contribution is 7.90. The first-order valence-corrected chi connectivity index (χ1v) is 12.2. The number of rotatable bonds is 12. The molecular formula is C22H28N4O7S. The average molecular weight is 493 g/mol. The Morgan fingerprint density at radius 1 is 0.971 bits per heavy atom. The summed E-state index contributed by atoms with van der Waals surface area (Å²) in [6, 6.07) is 7.81. The zero-order valence-corrected chi connectivity index (χ0v) is 19.6. The molecule has 2 aromatic rings. The van der Waals surface area contributed by atoms with E-state index in [4.69, 9.17) is 9.84 Å². The molecule has 11 nitrogen and oxygen atoms in total. The SMILES string of the molecule is CCCCCCNC(=O)c1cccc(S(=O)(=O)NC(=O)c2ccc(OC(=O)NCCO)nc2)c1. The van der Waals surface area contributed by atoms with Gasteiger partial charge in [-0.05, 0) is 30.7 Å². The van der Waals surface area contributed by atoms with Crippen LogP contribution in [0.1, 0.15) is 53.3 Å². The van der Waals surface area contributed by atoms with Crippen LogP contribution in [0.5, 0.6) is 5.88 Å². The predicted octanol–water partition coefficient (Wildman–Crippen LogP) is 1.59. The van der Waals surface area contributed by atoms with Crippen LogP contribution in [0.25, 0.3) is 0 Å². The second-order valence-electron chi connectivity index (χ2n) is 7.20. The summed E-state index contributed by atoms with van der Waals surface area (Å²) in [6.45, 7) is 2.32. The summed E-state index contributed by atoms with van der Waals surface area (Å²) in [5.41, 5.74) is 0.0705. The molecule has 0 spiro atoms. The number of ether oxygens (including phenoxy) is 1. The fourth-order valence-corrected chi connectivity index (χ4v) is 3.78. The topological polar surface area (TPSA) is 164 Å². The third kappa shape index (κ3) is 8.45. The van der Waals surface area contributed by atoms with E-state index in [0.29, 0.717) is 6.54 Å². The van der Waals surface area contributed by atoms with E-state index in [0.717, 1.165) is 31.9 Å². The summed E-state index contributed by atoms with van der Waals surface area (Å²) in [5, 5.41) is 13.7. The fourth-order valence-electron chi connectivity index (χ4n) is 2.76. The van der Waals surface area contributed by atoms with Crippen LogP contribution in [-0.2, 0) is 10.0 Å². The van der Waals surface area contributed by atoms with Crippen molar-refractivity contribution in [2.45, 2.75) is 37.5 Å². The highest BCUT2D eigenvalue weighted by atomic mass is 32.2. The Bertz CT molecular complexity index is 1090. The number of hydrogen-bond acceptors (Lipinski definition) is 8. The first kappa shape index (κ1) is 26.7. The molecule has 0 aliphatic heterocycles. The Balaban J connectivity index is 2.00. The molecule has 4 N–H and O–H groups in total. The van der Waals surface area contributed by atoms with Gasteiger partial charge >= 0.3 is 6.09 Å². The van der Waals surface area contributed by atoms with Crippen LogP contribution in [0.3, 0.4) is 0 Å². The average Bonchev–Trinajstić information content (AvgIpc) is 2.82. The lowest BCUT2D eigenvalue weighted by Gasteiger charge is -2.09. The van der Waals surface area contributed by atoms with Crippen LogP contribution in [0.2, 0.25) is 0 Å². The summed E-state index contributed by atoms with van der Waals surface area (Å²) in [5.74, 6) is -1.47. The number of benzene rings is 1. The number of hydrogen-bond donors (Lipinski definition) is 4. The van der Waals surface area contributed by atoms with Crippen molar-refractivity contribution in [3.05, 3.63) is 53.7 Å². The van der Waals surface area contributed by atoms with Gasteiger partial charge in [0.2, 0.25) is 5.88 Å². The molecule has 2 rings (SSSR count). The molecule has 0 aliphatic carbocycles. The van der Waals surface area contributed by atoms with Gasteiger partial charge in [0.05, 0.1) is 17.1 Å². The molecule has 0 bridgehead atoms. The predicted molar refractivity (Wildman–Crippen MR) is 123 cm³/mol. The third-order valence-corrected chi connectivity index (χ3v) is 5.86. The summed E-state index contributed by atoms with van der Waals surface area (Å²) >= 11 is 0. The molecular weight excluding hydrogens is 464 g/mol. The maximum atomic E-state index is 12.7. The Labute approximate surface area is 198 Å². The van der Waals surface area contributed by atoms with Crippen molar-refractivity contribution in [2.75, 3.05) is 19.7 Å². The number of nitrogens with one attached hydrogen (secondary N) is 3. The van der Waals surface area contributed by atoms with Crippen LogP contribution < -0.4 is 20.1 Å². The number of sulfonamides is 1. The first-order chi connectivity index (χ1) is 16.3. The number of nitrogens with zero attached hydrogens (tertiary/aromatic N) is 1. The van der Waals surface area contributed by atoms with Crippen molar-refractivity contribution >= 4 is 27.9 Å². The quantitative estimate of drug-likeness (QED) is 0.325. The molecule has 12 heteroatoms. The van der Waals surface area contributed by atoms with Crippen molar-refractivity contribution in [1.82, 2.24) is 20.3 Å². The van der Waals surface area contributed by atoms with Gasteiger partial charge in [-0.25, -0.2) is 22.9 Å². The van der Waals surface area contributed by atoms with E-state index in [1.54, 1.807) is 0 Å². The number of unbranched alkanes of at least 4 members (excludes halogenated alkanes) is 3. The lowest BCUT2D eigenvalue weighted by Crippen LogP contribution is -2.31. The summed E-state index contributed by atoms with van der Waals surface area (Å²) in [7, 11) is -4.26. The molecule has 0 atom stereocenters. The van der Waals surface area contributed by atoms with Crippen LogP contribution in [0, 0.1) is 0 Å². The van der Waals surface area contributed by atoms with Gasteiger partial charge in [-0.1, -0.05) is 32.3 Å². The van der Waals surface area contributed by atoms with Crippen LogP contribution in [0.15, 0.2) is 47.5 Å². The Kier molecular flexibility index (Phi) is 10.4. The smallest absolute Gasteiger partial charge is 0.395 e. The summed E-state index contributed by atoms with van der Waals surface area (Å²) in [4.78, 5) is 39.7. The van der Waals surface area contributed by atoms with E-state index in [1.807, 2.05) is 4.72 Å². The fraction of sp³-hybridized carbons (Fsp3) is 0.364. The zero-order chi connectivity index (χ0) is 25.0. The molecule has 1 heterocycles. The minimum atomic E-state index is -4.26. The van der Waals surface area contributed by atoms with Crippen molar-refractivity contribution in [1.29, 1.82) is 0 Å². The van der Waals surface area contributed by atoms with Crippen molar-refractivity contribution in [3.63, 3.8) is 0 Å². The largest absolute Gasteiger partial charge is 0.414 e. The lowest BCUT2D eigenvalue weighted by atomic mass is 10.2. The van der Waals surface area contributed by atoms with Gasteiger partial charge in [0.15, 0.2) is 0 Å². The van der Waals surface area contributed by atoms with Gasteiger partial charge in [0.25, 0.3) is 21.8 Å². The van der Waals surface area contributed by atoms with Crippen LogP contribution in [0.4, 0.5) is 4.79 Å². The Morgan fingerprint density at radius 3 is 2.44 bits per heavy atom. The van der Waals surface area contributed by atoms with Gasteiger partial charge in [-0.2, -0.15) is 0 Å². The number of aliphatic hydroxyl groups excluding tert-OH is 1. The normalized spacial score (nSPS) is 10.9. The molecule has 0 radical (unpaired) electrons. The van der Waals surface area contributed by atoms with Gasteiger partial charge in [-0.15, -0.1) is 0 Å². The van der Waals surface area contributed by atoms with Gasteiger partial charge < -0.3 is 20.5 Å². The van der Waals surface area contributed by atoms with Crippen molar-refractivity contribution in [2.24, 2.45) is 0 Å². The second-order valence-corrected chi connectivity index (χ2v) is 8.89. The van der Waals surface area contributed by atoms with Crippen molar-refractivity contribution in [3.8, 4) is 5.88 Å². The molecule has 0 unspecified atom stereocenters. The standard InChI is InChI=1S/C22H28N4O7S/c1-2-3-4-5-11-23-20(28)16-7-6-8-18(14-16)34(31,32)26-21(29)17-9-10-19(25-15-17)33-22(30)24-12-13-27/h6-10,14-15,27H,2-5,11-13H2,1H3,(H,23,28)(H,24,30)(H,26,29). The van der Waals surface area contributed by atoms with E-state index >= 15 is 0 Å². The monoisotopic (exact) mass is 492 g/mol. The number of carbonyl (C=O) groups is 3. The Hall–Kier alpha value is -3.51. The molecule has 1 aromatic heterocycles. The second kappa shape index (κ2) is 13.3. The summed E-state index contributed by atoms with van der Waals surface area (Å²) < 4.78 is 32.1. The van der Waals surface area contributed by atoms with Crippen LogP contribution >= 0.6 is 0 Å². The number of aromatic nitrogens is 1. The molecule has 184 valence electrons. The van der Waals surface area contributed by atoms with E-state index < -0.39 is 27.9 Å². The lowest BCUT2D eigenvalue weighted by molar-refractivity contribution is 0.0950. The van der Waals surface area contributed by atoms with Crippen LogP contribution in [-0.4, -0.2) is 56.1 Å². The van der Waals surface area contributed by atoms with Gasteiger partial charge in [0.1, 0.15) is 0 Å². The van der Waals surface area contributed by atoms with Crippen molar-refractivity contribution < 1.29 is 32.6 Å². The minimum absolute atomic E-state index is 0.000991. The highest BCUT2D eigenvalue weighted by Crippen LogP contribution is 2.14. The summed E-state index contributed by atoms with van der Waals surface area (Å²) in [6.07, 6.45) is 4.19. The zero-order valence-electron chi connectivity index (χ0n) is 18.7. The maximum absolute atomic E-state index is 12.7. The number of amides is 3. The Morgan fingerprint density at radius 2 is 1.76 bits per heavy atom. The number of carbonyl (C=O) groups excluding carboxylic acids is 3. The van der Waals surface area contributed by atoms with Gasteiger partial charge in [-0.3, -0.25) is 9.59 Å². The maximum Gasteiger partial charge on any atom is 0.414 e.